The molecular formula is C46H76FN3O3. The first-order valence-corrected chi connectivity index (χ1v) is 20.2. The molecular weight excluding hydrogens is 662 g/mol. The molecule has 1 amide bonds. The number of benzene rings is 2. The summed E-state index contributed by atoms with van der Waals surface area (Å²) < 4.78 is 18.5. The lowest BCUT2D eigenvalue weighted by Gasteiger charge is -2.20. The Balaban J connectivity index is 0. The molecule has 0 saturated heterocycles. The number of pyridine rings is 1. The summed E-state index contributed by atoms with van der Waals surface area (Å²) in [6, 6.07) is 17.5. The number of allylic oxidation sites excluding steroid dienone is 1. The number of halogens is 1. The van der Waals surface area contributed by atoms with Gasteiger partial charge in [0.05, 0.1) is 6.61 Å². The third-order valence-electron chi connectivity index (χ3n) is 7.67. The van der Waals surface area contributed by atoms with Crippen LogP contribution in [0.1, 0.15) is 138 Å². The molecule has 0 fully saturated rings. The summed E-state index contributed by atoms with van der Waals surface area (Å²) in [6.45, 7) is 29.7. The second-order valence-electron chi connectivity index (χ2n) is 13.4. The Hall–Kier alpha value is -3.87. The number of anilines is 1. The number of amides is 1. The third kappa shape index (κ3) is 27.4. The Morgan fingerprint density at radius 3 is 2.08 bits per heavy atom. The fourth-order valence-corrected chi connectivity index (χ4v) is 4.59. The number of carbonyl (C=O) groups excluding carboxylic acids is 1. The zero-order valence-corrected chi connectivity index (χ0v) is 35.5. The van der Waals surface area contributed by atoms with E-state index in [0.717, 1.165) is 68.3 Å². The Morgan fingerprint density at radius 1 is 0.943 bits per heavy atom. The second kappa shape index (κ2) is 33.9. The number of hydrogen-bond donors (Lipinski definition) is 2. The van der Waals surface area contributed by atoms with E-state index < -0.39 is 0 Å². The summed E-state index contributed by atoms with van der Waals surface area (Å²) in [5, 5.41) is 12.5. The fourth-order valence-electron chi connectivity index (χ4n) is 4.59. The maximum atomic E-state index is 13.2. The number of fused-ring (bicyclic) bond motifs is 1. The predicted octanol–water partition coefficient (Wildman–Crippen LogP) is 12.6. The van der Waals surface area contributed by atoms with Gasteiger partial charge in [-0.25, -0.2) is 9.37 Å². The van der Waals surface area contributed by atoms with Gasteiger partial charge in [-0.2, -0.15) is 0 Å². The van der Waals surface area contributed by atoms with E-state index in [0.29, 0.717) is 13.0 Å². The van der Waals surface area contributed by atoms with Crippen molar-refractivity contribution in [3.63, 3.8) is 0 Å². The van der Waals surface area contributed by atoms with Crippen molar-refractivity contribution in [2.45, 2.75) is 140 Å². The topological polar surface area (TPSA) is 74.7 Å². The van der Waals surface area contributed by atoms with Crippen molar-refractivity contribution in [1.29, 1.82) is 0 Å². The van der Waals surface area contributed by atoms with Crippen LogP contribution in [0.4, 0.5) is 10.2 Å². The van der Waals surface area contributed by atoms with Gasteiger partial charge < -0.3 is 20.1 Å². The number of phenols is 1. The molecule has 1 aliphatic rings. The van der Waals surface area contributed by atoms with Crippen molar-refractivity contribution in [2.75, 3.05) is 31.6 Å². The molecule has 0 aliphatic carbocycles. The van der Waals surface area contributed by atoms with E-state index in [1.807, 2.05) is 30.9 Å². The maximum Gasteiger partial charge on any atom is 0.219 e. The van der Waals surface area contributed by atoms with E-state index in [-0.39, 0.29) is 23.2 Å². The molecule has 0 spiro atoms. The summed E-state index contributed by atoms with van der Waals surface area (Å²) in [5.41, 5.74) is 4.78. The Labute approximate surface area is 324 Å². The Morgan fingerprint density at radius 2 is 1.57 bits per heavy atom. The molecule has 1 aromatic heterocycles. The number of nitrogens with one attached hydrogen (secondary N) is 1. The molecule has 0 atom stereocenters. The zero-order valence-electron chi connectivity index (χ0n) is 35.5. The fraction of sp³-hybridized carbons (Fsp3) is 0.565. The van der Waals surface area contributed by atoms with Crippen LogP contribution in [0.25, 0.3) is 0 Å². The van der Waals surface area contributed by atoms with Gasteiger partial charge in [-0.1, -0.05) is 117 Å². The lowest BCUT2D eigenvalue weighted by molar-refractivity contribution is -0.128. The standard InChI is InChI=1S/C16H25N3O.C14H13FO2.C6H12.C5H12.C3H8.C2H6/c1-3-11-19(13(2)20)12-5-7-15-9-8-14-6-4-10-17-16(14)18-15;15-13-3-1-2-4-14(13)17-10-9-11-5-7-12(16)8-6-11;1-4-5-6(2)3;1-4-5(2)3;1-3-2;1-2/h8-9H,3-7,10-12H2,1-2H3,(H,17,18);1-8,16H,9-10H2;2,4-5H2,1,3H3;5H,4H2,1-3H3;3H2,1-2H3;1-2H3. The van der Waals surface area contributed by atoms with E-state index in [4.69, 9.17) is 9.84 Å². The van der Waals surface area contributed by atoms with Crippen LogP contribution in [-0.2, 0) is 24.1 Å². The third-order valence-corrected chi connectivity index (χ3v) is 7.67. The Kier molecular flexibility index (Phi) is 32.8. The van der Waals surface area contributed by atoms with Gasteiger partial charge >= 0.3 is 0 Å². The first kappa shape index (κ1) is 51.2. The summed E-state index contributed by atoms with van der Waals surface area (Å²) in [4.78, 5) is 18.1. The highest BCUT2D eigenvalue weighted by atomic mass is 19.1. The molecule has 0 bridgehead atoms. The van der Waals surface area contributed by atoms with Crippen LogP contribution < -0.4 is 10.1 Å². The minimum Gasteiger partial charge on any atom is -0.508 e. The van der Waals surface area contributed by atoms with Gasteiger partial charge in [0.2, 0.25) is 5.91 Å². The molecule has 2 heterocycles. The lowest BCUT2D eigenvalue weighted by Crippen LogP contribution is -2.30. The van der Waals surface area contributed by atoms with Gasteiger partial charge in [0, 0.05) is 38.7 Å². The first-order valence-electron chi connectivity index (χ1n) is 20.2. The molecule has 300 valence electrons. The van der Waals surface area contributed by atoms with E-state index in [1.54, 1.807) is 37.3 Å². The van der Waals surface area contributed by atoms with Gasteiger partial charge in [-0.3, -0.25) is 4.79 Å². The highest BCUT2D eigenvalue weighted by molar-refractivity contribution is 5.73. The van der Waals surface area contributed by atoms with Crippen molar-refractivity contribution in [2.24, 2.45) is 5.92 Å². The molecule has 2 aromatic carbocycles. The Bertz CT molecular complexity index is 1330. The summed E-state index contributed by atoms with van der Waals surface area (Å²) in [7, 11) is 0. The molecule has 0 radical (unpaired) electrons. The quantitative estimate of drug-likeness (QED) is 0.171. The van der Waals surface area contributed by atoms with Crippen LogP contribution >= 0.6 is 0 Å². The number of carbonyl (C=O) groups is 1. The number of aromatic nitrogens is 1. The second-order valence-corrected chi connectivity index (χ2v) is 13.4. The van der Waals surface area contributed by atoms with Crippen LogP contribution in [0.5, 0.6) is 11.5 Å². The predicted molar refractivity (Wildman–Crippen MR) is 228 cm³/mol. The SMILES string of the molecule is C=C(C)CCC.CC.CCC.CCC(C)C.CCCN(CCCc1ccc2c(n1)NCCC2)C(C)=O.Oc1ccc(CCOc2ccccc2F)cc1. The largest absolute Gasteiger partial charge is 0.508 e. The van der Waals surface area contributed by atoms with E-state index >= 15 is 0 Å². The van der Waals surface area contributed by atoms with Crippen LogP contribution in [-0.4, -0.2) is 47.1 Å². The molecule has 3 aromatic rings. The zero-order chi connectivity index (χ0) is 40.4. The van der Waals surface area contributed by atoms with E-state index in [2.05, 4.69) is 84.4 Å². The first-order chi connectivity index (χ1) is 25.4. The molecule has 7 heteroatoms. The minimum absolute atomic E-state index is 0.173. The van der Waals surface area contributed by atoms with Crippen LogP contribution in [0, 0.1) is 11.7 Å². The van der Waals surface area contributed by atoms with Crippen molar-refractivity contribution < 1.29 is 19.0 Å². The maximum absolute atomic E-state index is 13.2. The number of rotatable bonds is 13. The van der Waals surface area contributed by atoms with Gasteiger partial charge in [-0.05, 0) is 92.8 Å². The normalized spacial score (nSPS) is 10.7. The van der Waals surface area contributed by atoms with Crippen LogP contribution in [0.2, 0.25) is 0 Å². The van der Waals surface area contributed by atoms with Gasteiger partial charge in [0.15, 0.2) is 11.6 Å². The number of phenolic OH excluding ortho intramolecular Hbond substituents is 1. The van der Waals surface area contributed by atoms with Crippen molar-refractivity contribution >= 4 is 11.7 Å². The van der Waals surface area contributed by atoms with Crippen molar-refractivity contribution in [1.82, 2.24) is 9.88 Å². The van der Waals surface area contributed by atoms with Gasteiger partial charge in [0.1, 0.15) is 11.6 Å². The average molecular weight is 738 g/mol. The molecule has 0 unspecified atom stereocenters. The molecule has 53 heavy (non-hydrogen) atoms. The number of ether oxygens (including phenoxy) is 1. The van der Waals surface area contributed by atoms with E-state index in [1.165, 1.54) is 49.3 Å². The van der Waals surface area contributed by atoms with Gasteiger partial charge in [-0.15, -0.1) is 6.58 Å². The number of aryl methyl sites for hydroxylation is 2. The highest BCUT2D eigenvalue weighted by Gasteiger charge is 2.11. The number of nitrogens with zero attached hydrogens (tertiary/aromatic N) is 2. The lowest BCUT2D eigenvalue weighted by atomic mass is 10.1. The van der Waals surface area contributed by atoms with Crippen LogP contribution in [0.15, 0.2) is 72.8 Å². The van der Waals surface area contributed by atoms with E-state index in [9.17, 15) is 9.18 Å². The molecule has 1 aliphatic heterocycles. The molecule has 2 N–H and O–H groups in total. The van der Waals surface area contributed by atoms with Gasteiger partial charge in [0.25, 0.3) is 0 Å². The monoisotopic (exact) mass is 738 g/mol. The smallest absolute Gasteiger partial charge is 0.219 e. The average Bonchev–Trinajstić information content (AvgIpc) is 3.14. The summed E-state index contributed by atoms with van der Waals surface area (Å²) >= 11 is 0. The minimum atomic E-state index is -0.349. The van der Waals surface area contributed by atoms with Crippen molar-refractivity contribution in [3.05, 3.63) is 95.5 Å². The molecule has 4 rings (SSSR count). The molecule has 6 nitrogen and oxygen atoms in total. The van der Waals surface area contributed by atoms with Crippen LogP contribution in [0.3, 0.4) is 0 Å². The highest BCUT2D eigenvalue weighted by Crippen LogP contribution is 2.20. The summed E-state index contributed by atoms with van der Waals surface area (Å²) in [5.74, 6) is 2.28. The number of hydrogen-bond acceptors (Lipinski definition) is 5. The van der Waals surface area contributed by atoms with Crippen molar-refractivity contribution in [3.8, 4) is 11.5 Å². The summed E-state index contributed by atoms with van der Waals surface area (Å²) in [6.07, 6.45) is 10.9. The number of para-hydroxylation sites is 1. The molecule has 0 saturated carbocycles. The number of aromatic hydroxyl groups is 1.